The van der Waals surface area contributed by atoms with E-state index in [-0.39, 0.29) is 12.1 Å². The van der Waals surface area contributed by atoms with Crippen LogP contribution >= 0.6 is 39.3 Å². The van der Waals surface area contributed by atoms with Crippen molar-refractivity contribution in [2.75, 3.05) is 11.6 Å². The van der Waals surface area contributed by atoms with E-state index in [0.29, 0.717) is 16.1 Å². The van der Waals surface area contributed by atoms with Gasteiger partial charge in [-0.3, -0.25) is 0 Å². The Labute approximate surface area is 215 Å². The molecular formula is C26H20BrClN4OS. The van der Waals surface area contributed by atoms with Crippen LogP contribution < -0.4 is 10.1 Å². The van der Waals surface area contributed by atoms with Crippen LogP contribution in [0.15, 0.2) is 81.9 Å². The van der Waals surface area contributed by atoms with Gasteiger partial charge >= 0.3 is 0 Å². The quantitative estimate of drug-likeness (QED) is 0.271. The van der Waals surface area contributed by atoms with Crippen LogP contribution in [-0.2, 0) is 0 Å². The number of benzene rings is 3. The third kappa shape index (κ3) is 3.63. The molecule has 0 saturated heterocycles. The number of aryl methyl sites for hydroxylation is 1. The lowest BCUT2D eigenvalue weighted by molar-refractivity contribution is 0.223. The molecule has 3 aromatic carbocycles. The lowest BCUT2D eigenvalue weighted by Gasteiger charge is -2.39. The summed E-state index contributed by atoms with van der Waals surface area (Å²) in [7, 11) is 0. The van der Waals surface area contributed by atoms with Crippen molar-refractivity contribution in [2.24, 2.45) is 0 Å². The van der Waals surface area contributed by atoms with Crippen LogP contribution in [-0.4, -0.2) is 21.0 Å². The average Bonchev–Trinajstić information content (AvgIpc) is 3.27. The minimum absolute atomic E-state index is 0.193. The topological polar surface area (TPSA) is 52.0 Å². The summed E-state index contributed by atoms with van der Waals surface area (Å²) in [5.41, 5.74) is 6.35. The molecule has 2 aliphatic heterocycles. The third-order valence-electron chi connectivity index (χ3n) is 6.16. The number of nitrogens with one attached hydrogen (secondary N) is 1. The maximum Gasteiger partial charge on any atom is 0.227 e. The molecule has 0 radical (unpaired) electrons. The highest BCUT2D eigenvalue weighted by atomic mass is 79.9. The van der Waals surface area contributed by atoms with E-state index in [9.17, 15) is 0 Å². The normalized spacial score (nSPS) is 18.5. The van der Waals surface area contributed by atoms with Crippen LogP contribution in [0, 0.1) is 6.92 Å². The molecule has 1 aromatic heterocycles. The number of aromatic nitrogens is 3. The van der Waals surface area contributed by atoms with Crippen LogP contribution in [0.4, 0.5) is 5.95 Å². The summed E-state index contributed by atoms with van der Waals surface area (Å²) in [5, 5.41) is 9.78. The van der Waals surface area contributed by atoms with Gasteiger partial charge in [0.05, 0.1) is 5.70 Å². The van der Waals surface area contributed by atoms with Crippen molar-refractivity contribution < 1.29 is 4.74 Å². The fourth-order valence-corrected chi connectivity index (χ4v) is 5.33. The second kappa shape index (κ2) is 8.48. The minimum atomic E-state index is -0.314. The van der Waals surface area contributed by atoms with Gasteiger partial charge < -0.3 is 10.1 Å². The fraction of sp³-hybridized carbons (Fsp3) is 0.154. The number of hydrogen-bond donors (Lipinski definition) is 1. The lowest BCUT2D eigenvalue weighted by Crippen LogP contribution is -2.32. The number of fused-ring (bicyclic) bond motifs is 3. The summed E-state index contributed by atoms with van der Waals surface area (Å²) in [6.45, 7) is 2.09. The molecule has 34 heavy (non-hydrogen) atoms. The number of thioether (sulfide) groups is 1. The van der Waals surface area contributed by atoms with Gasteiger partial charge in [-0.25, -0.2) is 4.68 Å². The Morgan fingerprint density at radius 3 is 2.50 bits per heavy atom. The van der Waals surface area contributed by atoms with Crippen molar-refractivity contribution in [3.63, 3.8) is 0 Å². The molecule has 0 unspecified atom stereocenters. The zero-order chi connectivity index (χ0) is 23.4. The molecule has 170 valence electrons. The first kappa shape index (κ1) is 21.8. The molecule has 5 nitrogen and oxygen atoms in total. The molecule has 6 rings (SSSR count). The molecular weight excluding hydrogens is 532 g/mol. The van der Waals surface area contributed by atoms with E-state index in [0.717, 1.165) is 38.2 Å². The summed E-state index contributed by atoms with van der Waals surface area (Å²) < 4.78 is 9.66. The number of nitrogens with zero attached hydrogens (tertiary/aromatic N) is 3. The standard InChI is InChI=1S/C26H20BrClN4OS/c1-14-3-5-15(6-4-14)23-21-22(29-25-30-26(34-2)31-32(23)25)19-13-18(28)11-12-20(19)33-24(21)16-7-9-17(27)10-8-16/h3-13,23-24H,1-2H3,(H,29,30,31)/t23-,24-/m1/s1. The van der Waals surface area contributed by atoms with Crippen molar-refractivity contribution in [1.82, 2.24) is 14.8 Å². The molecule has 0 aliphatic carbocycles. The predicted octanol–water partition coefficient (Wildman–Crippen LogP) is 7.28. The number of hydrogen-bond acceptors (Lipinski definition) is 5. The summed E-state index contributed by atoms with van der Waals surface area (Å²) in [4.78, 5) is 4.75. The highest BCUT2D eigenvalue weighted by Crippen LogP contribution is 2.51. The van der Waals surface area contributed by atoms with Crippen LogP contribution in [0.5, 0.6) is 5.75 Å². The summed E-state index contributed by atoms with van der Waals surface area (Å²) >= 11 is 11.5. The van der Waals surface area contributed by atoms with Gasteiger partial charge in [-0.15, -0.1) is 5.10 Å². The molecule has 0 saturated carbocycles. The Morgan fingerprint density at radius 2 is 1.76 bits per heavy atom. The maximum atomic E-state index is 6.67. The van der Waals surface area contributed by atoms with Gasteiger partial charge in [-0.05, 0) is 54.6 Å². The second-order valence-corrected chi connectivity index (χ2v) is 10.5. The van der Waals surface area contributed by atoms with Crippen LogP contribution in [0.2, 0.25) is 5.02 Å². The van der Waals surface area contributed by atoms with E-state index in [2.05, 4.69) is 64.6 Å². The van der Waals surface area contributed by atoms with Crippen LogP contribution in [0.1, 0.15) is 34.4 Å². The Kier molecular flexibility index (Phi) is 5.43. The molecule has 0 amide bonds. The Balaban J connectivity index is 1.63. The molecule has 2 aliphatic rings. The lowest BCUT2D eigenvalue weighted by atomic mass is 9.84. The van der Waals surface area contributed by atoms with E-state index in [1.54, 1.807) is 0 Å². The van der Waals surface area contributed by atoms with Crippen molar-refractivity contribution in [3.05, 3.63) is 104 Å². The van der Waals surface area contributed by atoms with E-state index >= 15 is 0 Å². The van der Waals surface area contributed by atoms with Crippen molar-refractivity contribution in [3.8, 4) is 5.75 Å². The zero-order valence-corrected chi connectivity index (χ0v) is 21.6. The second-order valence-electron chi connectivity index (χ2n) is 8.33. The predicted molar refractivity (Wildman–Crippen MR) is 141 cm³/mol. The van der Waals surface area contributed by atoms with E-state index in [1.807, 2.05) is 41.3 Å². The minimum Gasteiger partial charge on any atom is -0.480 e. The SMILES string of the molecule is CSc1nc2n(n1)[C@H](c1ccc(C)cc1)C1=C(N2)c2cc(Cl)ccc2O[C@@H]1c1ccc(Br)cc1. The van der Waals surface area contributed by atoms with E-state index in [1.165, 1.54) is 17.3 Å². The molecule has 3 heterocycles. The number of anilines is 1. The molecule has 2 atom stereocenters. The van der Waals surface area contributed by atoms with Gasteiger partial charge in [0, 0.05) is 20.6 Å². The van der Waals surface area contributed by atoms with Crippen LogP contribution in [0.3, 0.4) is 0 Å². The number of ether oxygens (including phenoxy) is 1. The van der Waals surface area contributed by atoms with Gasteiger partial charge in [0.15, 0.2) is 0 Å². The zero-order valence-electron chi connectivity index (χ0n) is 18.4. The van der Waals surface area contributed by atoms with Gasteiger partial charge in [0.2, 0.25) is 11.1 Å². The molecule has 0 spiro atoms. The highest BCUT2D eigenvalue weighted by molar-refractivity contribution is 9.10. The van der Waals surface area contributed by atoms with E-state index < -0.39 is 0 Å². The first-order valence-corrected chi connectivity index (χ1v) is 13.2. The Hall–Kier alpha value is -2.74. The van der Waals surface area contributed by atoms with Gasteiger partial charge in [0.1, 0.15) is 17.9 Å². The number of halogens is 2. The average molecular weight is 552 g/mol. The smallest absolute Gasteiger partial charge is 0.227 e. The molecule has 1 N–H and O–H groups in total. The third-order valence-corrected chi connectivity index (χ3v) is 7.46. The van der Waals surface area contributed by atoms with Crippen molar-refractivity contribution in [1.29, 1.82) is 0 Å². The highest BCUT2D eigenvalue weighted by Gasteiger charge is 2.41. The summed E-state index contributed by atoms with van der Waals surface area (Å²) in [6.07, 6.45) is 1.67. The van der Waals surface area contributed by atoms with Gasteiger partial charge in [-0.2, -0.15) is 4.98 Å². The molecule has 0 bridgehead atoms. The van der Waals surface area contributed by atoms with E-state index in [4.69, 9.17) is 26.4 Å². The Morgan fingerprint density at radius 1 is 1.03 bits per heavy atom. The molecule has 0 fully saturated rings. The van der Waals surface area contributed by atoms with Gasteiger partial charge in [-0.1, -0.05) is 81.3 Å². The first-order valence-electron chi connectivity index (χ1n) is 10.8. The summed E-state index contributed by atoms with van der Waals surface area (Å²) in [6, 6.07) is 22.4. The first-order chi connectivity index (χ1) is 16.5. The van der Waals surface area contributed by atoms with Gasteiger partial charge in [0.25, 0.3) is 0 Å². The maximum absolute atomic E-state index is 6.67. The Bertz CT molecular complexity index is 1430. The molecule has 8 heteroatoms. The van der Waals surface area contributed by atoms with Crippen molar-refractivity contribution in [2.45, 2.75) is 24.2 Å². The number of rotatable bonds is 3. The molecule has 4 aromatic rings. The van der Waals surface area contributed by atoms with Crippen LogP contribution in [0.25, 0.3) is 5.70 Å². The fourth-order valence-electron chi connectivity index (χ4n) is 4.55. The monoisotopic (exact) mass is 550 g/mol. The van der Waals surface area contributed by atoms with Crippen molar-refractivity contribution >= 4 is 50.9 Å². The largest absolute Gasteiger partial charge is 0.480 e. The summed E-state index contributed by atoms with van der Waals surface area (Å²) in [5.74, 6) is 1.49.